The molecule has 4 N–H and O–H groups in total. The third kappa shape index (κ3) is 3.51. The Morgan fingerprint density at radius 3 is 2.12 bits per heavy atom. The van der Waals surface area contributed by atoms with Crippen molar-refractivity contribution < 1.29 is 24.8 Å². The molecule has 3 aromatic rings. The number of aliphatic hydroxyl groups is 1. The predicted octanol–water partition coefficient (Wildman–Crippen LogP) is -0.554. The molecule has 0 aliphatic rings. The van der Waals surface area contributed by atoms with E-state index in [9.17, 15) is 14.7 Å². The zero-order valence-electron chi connectivity index (χ0n) is 13.3. The number of pyridine rings is 1. The Labute approximate surface area is 143 Å². The average molecular weight is 339 g/mol. The van der Waals surface area contributed by atoms with Crippen LogP contribution in [-0.2, 0) is 9.59 Å². The number of anilines is 1. The van der Waals surface area contributed by atoms with Gasteiger partial charge in [0.05, 0.1) is 41.6 Å². The van der Waals surface area contributed by atoms with Crippen molar-refractivity contribution in [2.24, 2.45) is 0 Å². The highest BCUT2D eigenvalue weighted by molar-refractivity contribution is 6.05. The molecule has 1 amide bonds. The molecule has 0 aliphatic heterocycles. The van der Waals surface area contributed by atoms with Gasteiger partial charge in [-0.3, -0.25) is 4.79 Å². The van der Waals surface area contributed by atoms with E-state index in [1.807, 2.05) is 48.5 Å². The van der Waals surface area contributed by atoms with E-state index in [1.165, 1.54) is 0 Å². The number of para-hydroxylation sites is 2. The van der Waals surface area contributed by atoms with Gasteiger partial charge in [0.2, 0.25) is 16.9 Å². The number of carboxylic acids is 1. The van der Waals surface area contributed by atoms with Crippen LogP contribution in [0.1, 0.15) is 0 Å². The van der Waals surface area contributed by atoms with E-state index in [1.54, 1.807) is 0 Å². The van der Waals surface area contributed by atoms with Crippen molar-refractivity contribution in [1.29, 1.82) is 0 Å². The van der Waals surface area contributed by atoms with Crippen molar-refractivity contribution in [2.45, 2.75) is 6.04 Å². The Morgan fingerprint density at radius 1 is 1.04 bits per heavy atom. The van der Waals surface area contributed by atoms with Gasteiger partial charge in [0, 0.05) is 12.1 Å². The lowest BCUT2D eigenvalue weighted by molar-refractivity contribution is -0.310. The second kappa shape index (κ2) is 7.14. The Hall–Kier alpha value is -3.19. The molecule has 25 heavy (non-hydrogen) atoms. The number of amides is 1. The van der Waals surface area contributed by atoms with E-state index in [4.69, 9.17) is 5.11 Å². The first-order valence-electron chi connectivity index (χ1n) is 7.78. The normalized spacial score (nSPS) is 12.0. The lowest BCUT2D eigenvalue weighted by Crippen LogP contribution is -2.51. The monoisotopic (exact) mass is 339 g/mol. The fourth-order valence-corrected chi connectivity index (χ4v) is 2.69. The number of aliphatic hydroxyl groups excluding tert-OH is 1. The van der Waals surface area contributed by atoms with Crippen LogP contribution in [0.4, 0.5) is 5.69 Å². The summed E-state index contributed by atoms with van der Waals surface area (Å²) in [7, 11) is 0. The van der Waals surface area contributed by atoms with Crippen LogP contribution in [-0.4, -0.2) is 36.2 Å². The minimum atomic E-state index is -1.53. The zero-order valence-corrected chi connectivity index (χ0v) is 13.3. The van der Waals surface area contributed by atoms with Gasteiger partial charge in [-0.25, -0.2) is 4.98 Å². The summed E-state index contributed by atoms with van der Waals surface area (Å²) < 4.78 is 0. The van der Waals surface area contributed by atoms with Gasteiger partial charge in [0.15, 0.2) is 0 Å². The number of H-pyrrole nitrogens is 1. The number of carboxylic acid groups (broad SMARTS) is 1. The summed E-state index contributed by atoms with van der Waals surface area (Å²) in [6.45, 7) is -0.859. The number of hydrogen-bond acceptors (Lipinski definition) is 5. The minimum absolute atomic E-state index is 0.137. The Morgan fingerprint density at radius 2 is 1.60 bits per heavy atom. The topological polar surface area (TPSA) is 116 Å². The van der Waals surface area contributed by atoms with Crippen molar-refractivity contribution in [3.8, 4) is 0 Å². The number of carbonyl (C=O) groups is 2. The fourth-order valence-electron chi connectivity index (χ4n) is 2.69. The van der Waals surface area contributed by atoms with Crippen LogP contribution in [0.2, 0.25) is 0 Å². The van der Waals surface area contributed by atoms with Gasteiger partial charge in [-0.05, 0) is 12.1 Å². The lowest BCUT2D eigenvalue weighted by atomic mass is 10.1. The predicted molar refractivity (Wildman–Crippen MR) is 90.5 cm³/mol. The third-order valence-corrected chi connectivity index (χ3v) is 3.89. The maximum Gasteiger partial charge on any atom is 0.239 e. The van der Waals surface area contributed by atoms with Crippen LogP contribution in [0.5, 0.6) is 0 Å². The minimum Gasteiger partial charge on any atom is -0.548 e. The standard InChI is InChI=1S/C18H17N3O4/c22-10-15(18(24)25)21-16(23)9-19-17-11-5-1-3-7-13(11)20-14-8-4-2-6-12(14)17/h1-8,15,22H,9-10H2,(H,19,20)(H,21,23)(H,24,25)/t15-/m0/s1. The van der Waals surface area contributed by atoms with Gasteiger partial charge in [0.1, 0.15) is 0 Å². The van der Waals surface area contributed by atoms with Gasteiger partial charge in [0.25, 0.3) is 0 Å². The number of benzene rings is 2. The summed E-state index contributed by atoms with van der Waals surface area (Å²) in [5.41, 5.74) is 2.59. The fraction of sp³-hybridized carbons (Fsp3) is 0.167. The quantitative estimate of drug-likeness (QED) is 0.521. The van der Waals surface area contributed by atoms with Gasteiger partial charge >= 0.3 is 0 Å². The highest BCUT2D eigenvalue weighted by atomic mass is 16.4. The van der Waals surface area contributed by atoms with Crippen LogP contribution in [0.15, 0.2) is 48.5 Å². The number of fused-ring (bicyclic) bond motifs is 2. The van der Waals surface area contributed by atoms with Crippen molar-refractivity contribution in [2.75, 3.05) is 18.5 Å². The largest absolute Gasteiger partial charge is 0.548 e. The van der Waals surface area contributed by atoms with E-state index in [0.717, 1.165) is 27.5 Å². The maximum absolute atomic E-state index is 12.0. The molecule has 0 bridgehead atoms. The number of carbonyl (C=O) groups excluding carboxylic acids is 2. The highest BCUT2D eigenvalue weighted by Gasteiger charge is 2.16. The first-order chi connectivity index (χ1) is 12.1. The van der Waals surface area contributed by atoms with Crippen LogP contribution in [0.3, 0.4) is 0 Å². The van der Waals surface area contributed by atoms with Crippen molar-refractivity contribution in [1.82, 2.24) is 5.32 Å². The number of aromatic amines is 1. The van der Waals surface area contributed by atoms with Crippen molar-refractivity contribution in [3.63, 3.8) is 0 Å². The summed E-state index contributed by atoms with van der Waals surface area (Å²) in [5.74, 6) is -2.08. The van der Waals surface area contributed by atoms with E-state index in [2.05, 4.69) is 15.6 Å². The summed E-state index contributed by atoms with van der Waals surface area (Å²) in [6, 6.07) is 13.9. The number of aliphatic carboxylic acids is 1. The van der Waals surface area contributed by atoms with E-state index in [0.29, 0.717) is 0 Å². The van der Waals surface area contributed by atoms with Gasteiger partial charge < -0.3 is 25.6 Å². The summed E-state index contributed by atoms with van der Waals surface area (Å²) >= 11 is 0. The Kier molecular flexibility index (Phi) is 4.76. The second-order valence-corrected chi connectivity index (χ2v) is 5.57. The molecule has 7 heteroatoms. The molecule has 1 atom stereocenters. The van der Waals surface area contributed by atoms with Gasteiger partial charge in [-0.2, -0.15) is 0 Å². The molecule has 7 nitrogen and oxygen atoms in total. The summed E-state index contributed by atoms with van der Waals surface area (Å²) in [4.78, 5) is 26.1. The van der Waals surface area contributed by atoms with Crippen LogP contribution < -0.4 is 20.7 Å². The Balaban J connectivity index is 1.89. The first kappa shape index (κ1) is 16.7. The smallest absolute Gasteiger partial charge is 0.239 e. The molecule has 0 spiro atoms. The summed E-state index contributed by atoms with van der Waals surface area (Å²) in [6.07, 6.45) is 0. The number of rotatable bonds is 6. The molecule has 0 aliphatic carbocycles. The number of nitrogens with one attached hydrogen (secondary N) is 3. The highest BCUT2D eigenvalue weighted by Crippen LogP contribution is 2.28. The SMILES string of the molecule is O=C(CNc1c2ccccc2[nH+]c2ccccc12)N[C@@H](CO)C(=O)[O-]. The van der Waals surface area contributed by atoms with E-state index < -0.39 is 24.5 Å². The van der Waals surface area contributed by atoms with Gasteiger partial charge in [-0.1, -0.05) is 24.3 Å². The average Bonchev–Trinajstić information content (AvgIpc) is 2.62. The molecule has 0 saturated carbocycles. The molecule has 0 saturated heterocycles. The molecule has 0 fully saturated rings. The molecule has 0 radical (unpaired) electrons. The molecule has 1 heterocycles. The molecule has 3 rings (SSSR count). The molecule has 1 aromatic heterocycles. The van der Waals surface area contributed by atoms with Crippen LogP contribution in [0, 0.1) is 0 Å². The number of hydrogen-bond donors (Lipinski definition) is 3. The van der Waals surface area contributed by atoms with Crippen molar-refractivity contribution in [3.05, 3.63) is 48.5 Å². The maximum atomic E-state index is 12.0. The molecular weight excluding hydrogens is 322 g/mol. The second-order valence-electron chi connectivity index (χ2n) is 5.57. The van der Waals surface area contributed by atoms with Crippen LogP contribution >= 0.6 is 0 Å². The molecule has 0 unspecified atom stereocenters. The third-order valence-electron chi connectivity index (χ3n) is 3.89. The van der Waals surface area contributed by atoms with E-state index in [-0.39, 0.29) is 6.54 Å². The Bertz CT molecular complexity index is 888. The molecule has 2 aromatic carbocycles. The first-order valence-corrected chi connectivity index (χ1v) is 7.78. The number of aromatic nitrogens is 1. The lowest BCUT2D eigenvalue weighted by Gasteiger charge is -2.17. The van der Waals surface area contributed by atoms with Crippen molar-refractivity contribution >= 4 is 39.4 Å². The molecular formula is C18H17N3O4. The van der Waals surface area contributed by atoms with Gasteiger partial charge in [-0.15, -0.1) is 0 Å². The van der Waals surface area contributed by atoms with E-state index >= 15 is 0 Å². The molecule has 128 valence electrons. The zero-order chi connectivity index (χ0) is 17.8. The summed E-state index contributed by atoms with van der Waals surface area (Å²) in [5, 5.41) is 26.8. The van der Waals surface area contributed by atoms with Crippen LogP contribution in [0.25, 0.3) is 21.8 Å².